The number of ether oxygens (including phenoxy) is 1. The van der Waals surface area contributed by atoms with Gasteiger partial charge in [-0.05, 0) is 30.6 Å². The smallest absolute Gasteiger partial charge is 0.192 e. The van der Waals surface area contributed by atoms with Crippen molar-refractivity contribution in [1.29, 1.82) is 0 Å². The number of aliphatic hydroxyl groups is 1. The summed E-state index contributed by atoms with van der Waals surface area (Å²) in [7, 11) is -1.82. The quantitative estimate of drug-likeness (QED) is 0.728. The summed E-state index contributed by atoms with van der Waals surface area (Å²) in [4.78, 5) is 0. The summed E-state index contributed by atoms with van der Waals surface area (Å²) in [5.74, 6) is 0.0119. The predicted octanol–water partition coefficient (Wildman–Crippen LogP) is 4.22. The van der Waals surface area contributed by atoms with Gasteiger partial charge in [-0.1, -0.05) is 51.1 Å². The van der Waals surface area contributed by atoms with Crippen molar-refractivity contribution in [3.8, 4) is 0 Å². The fourth-order valence-electron chi connectivity index (χ4n) is 1.98. The van der Waals surface area contributed by atoms with Crippen LogP contribution in [-0.4, -0.2) is 32.7 Å². The highest BCUT2D eigenvalue weighted by atomic mass is 28.4. The second-order valence-corrected chi connectivity index (χ2v) is 12.3. The molecule has 0 bridgehead atoms. The van der Waals surface area contributed by atoms with Crippen LogP contribution >= 0.6 is 0 Å². The van der Waals surface area contributed by atoms with E-state index in [0.717, 1.165) is 5.56 Å². The van der Waals surface area contributed by atoms with Crippen LogP contribution in [0.2, 0.25) is 18.1 Å². The molecule has 0 aliphatic rings. The Balaban J connectivity index is 2.49. The Kier molecular flexibility index (Phi) is 7.26. The first-order valence-electron chi connectivity index (χ1n) is 8.07. The minimum Gasteiger partial charge on any atom is -0.414 e. The molecule has 1 N–H and O–H groups in total. The van der Waals surface area contributed by atoms with E-state index in [9.17, 15) is 5.11 Å². The molecule has 4 heteroatoms. The molecule has 0 unspecified atom stereocenters. The van der Waals surface area contributed by atoms with E-state index in [1.807, 2.05) is 37.3 Å². The van der Waals surface area contributed by atoms with Gasteiger partial charge in [0.25, 0.3) is 0 Å². The lowest BCUT2D eigenvalue weighted by atomic mass is 10.1. The molecule has 0 fully saturated rings. The van der Waals surface area contributed by atoms with Crippen LogP contribution in [0, 0.1) is 5.92 Å². The zero-order valence-electron chi connectivity index (χ0n) is 14.9. The summed E-state index contributed by atoms with van der Waals surface area (Å²) in [6.45, 7) is 14.4. The molecule has 0 aliphatic carbocycles. The van der Waals surface area contributed by atoms with Crippen molar-refractivity contribution in [2.75, 3.05) is 13.2 Å². The van der Waals surface area contributed by atoms with E-state index < -0.39 is 8.32 Å². The van der Waals surface area contributed by atoms with Crippen LogP contribution in [0.4, 0.5) is 0 Å². The van der Waals surface area contributed by atoms with Gasteiger partial charge in [0.15, 0.2) is 8.32 Å². The van der Waals surface area contributed by atoms with Gasteiger partial charge in [-0.15, -0.1) is 0 Å². The predicted molar refractivity (Wildman–Crippen MR) is 94.4 cm³/mol. The molecule has 0 aromatic heterocycles. The van der Waals surface area contributed by atoms with Gasteiger partial charge in [0.2, 0.25) is 0 Å². The highest BCUT2D eigenvalue weighted by Gasteiger charge is 2.39. The van der Waals surface area contributed by atoms with E-state index in [2.05, 4.69) is 33.9 Å². The van der Waals surface area contributed by atoms with Gasteiger partial charge in [0, 0.05) is 12.0 Å². The van der Waals surface area contributed by atoms with E-state index in [0.29, 0.717) is 13.2 Å². The maximum Gasteiger partial charge on any atom is 0.192 e. The van der Waals surface area contributed by atoms with Crippen molar-refractivity contribution in [3.05, 3.63) is 35.9 Å². The third-order valence-electron chi connectivity index (χ3n) is 4.63. The van der Waals surface area contributed by atoms with Gasteiger partial charge in [-0.3, -0.25) is 0 Å². The lowest BCUT2D eigenvalue weighted by Crippen LogP contribution is -2.46. The van der Waals surface area contributed by atoms with Crippen molar-refractivity contribution in [2.45, 2.75) is 58.5 Å². The van der Waals surface area contributed by atoms with Gasteiger partial charge in [-0.2, -0.15) is 0 Å². The Morgan fingerprint density at radius 2 is 1.73 bits per heavy atom. The van der Waals surface area contributed by atoms with E-state index in [-0.39, 0.29) is 23.7 Å². The van der Waals surface area contributed by atoms with Gasteiger partial charge in [0.1, 0.15) is 0 Å². The van der Waals surface area contributed by atoms with E-state index >= 15 is 0 Å². The van der Waals surface area contributed by atoms with Crippen LogP contribution in [0.25, 0.3) is 0 Å². The van der Waals surface area contributed by atoms with Crippen molar-refractivity contribution >= 4 is 8.32 Å². The van der Waals surface area contributed by atoms with Crippen molar-refractivity contribution in [3.63, 3.8) is 0 Å². The minimum atomic E-state index is -1.82. The molecule has 126 valence electrons. The highest BCUT2D eigenvalue weighted by molar-refractivity contribution is 6.74. The number of hydrogen-bond donors (Lipinski definition) is 1. The molecule has 3 nitrogen and oxygen atoms in total. The van der Waals surface area contributed by atoms with Crippen LogP contribution in [0.3, 0.4) is 0 Å². The summed E-state index contributed by atoms with van der Waals surface area (Å²) in [6, 6.07) is 10.1. The normalized spacial score (nSPS) is 15.6. The molecule has 0 heterocycles. The van der Waals surface area contributed by atoms with Crippen molar-refractivity contribution in [1.82, 2.24) is 0 Å². The molecular weight excluding hydrogens is 292 g/mol. The fourth-order valence-corrected chi connectivity index (χ4v) is 3.45. The van der Waals surface area contributed by atoms with Crippen LogP contribution in [0.15, 0.2) is 30.3 Å². The summed E-state index contributed by atoms with van der Waals surface area (Å²) in [6.07, 6.45) is 0.00154. The summed E-state index contributed by atoms with van der Waals surface area (Å²) < 4.78 is 12.1. The second-order valence-electron chi connectivity index (χ2n) is 7.53. The summed E-state index contributed by atoms with van der Waals surface area (Å²) in [5.41, 5.74) is 1.15. The molecule has 22 heavy (non-hydrogen) atoms. The molecule has 0 radical (unpaired) electrons. The summed E-state index contributed by atoms with van der Waals surface area (Å²) in [5, 5.41) is 9.82. The van der Waals surface area contributed by atoms with Gasteiger partial charge < -0.3 is 14.3 Å². The summed E-state index contributed by atoms with van der Waals surface area (Å²) >= 11 is 0. The molecule has 1 aromatic carbocycles. The van der Waals surface area contributed by atoms with Crippen molar-refractivity contribution in [2.24, 2.45) is 5.92 Å². The molecule has 1 aromatic rings. The van der Waals surface area contributed by atoms with Crippen LogP contribution in [0.5, 0.6) is 0 Å². The number of aliphatic hydroxyl groups excluding tert-OH is 1. The standard InChI is InChI=1S/C18H32O3Si/c1-15(21-22(5,6)18(2,3)4)17(12-19)14-20-13-16-10-8-7-9-11-16/h7-11,15,17,19H,12-14H2,1-6H3/t15-,17-/m1/s1. The Hall–Kier alpha value is -0.683. The minimum absolute atomic E-state index is 0.00154. The largest absolute Gasteiger partial charge is 0.414 e. The maximum absolute atomic E-state index is 9.65. The third kappa shape index (κ3) is 5.84. The molecule has 1 rings (SSSR count). The van der Waals surface area contributed by atoms with Gasteiger partial charge in [0.05, 0.1) is 19.8 Å². The van der Waals surface area contributed by atoms with E-state index in [4.69, 9.17) is 9.16 Å². The van der Waals surface area contributed by atoms with Crippen LogP contribution in [-0.2, 0) is 15.8 Å². The lowest BCUT2D eigenvalue weighted by Gasteiger charge is -2.40. The molecule has 2 atom stereocenters. The fraction of sp³-hybridized carbons (Fsp3) is 0.667. The Bertz CT molecular complexity index is 426. The van der Waals surface area contributed by atoms with E-state index in [1.165, 1.54) is 0 Å². The molecule has 0 saturated carbocycles. The third-order valence-corrected chi connectivity index (χ3v) is 9.20. The molecule has 0 aliphatic heterocycles. The first-order valence-corrected chi connectivity index (χ1v) is 11.0. The Labute approximate surface area is 136 Å². The second kappa shape index (κ2) is 8.25. The monoisotopic (exact) mass is 324 g/mol. The first-order chi connectivity index (χ1) is 10.2. The lowest BCUT2D eigenvalue weighted by molar-refractivity contribution is 0.00804. The van der Waals surface area contributed by atoms with Gasteiger partial charge >= 0.3 is 0 Å². The average Bonchev–Trinajstić information content (AvgIpc) is 2.43. The van der Waals surface area contributed by atoms with Crippen LogP contribution in [0.1, 0.15) is 33.3 Å². The van der Waals surface area contributed by atoms with Crippen molar-refractivity contribution < 1.29 is 14.3 Å². The SMILES string of the molecule is C[C@@H](O[Si](C)(C)C(C)(C)C)[C@H](CO)COCc1ccccc1. The Morgan fingerprint density at radius 1 is 1.14 bits per heavy atom. The van der Waals surface area contributed by atoms with Gasteiger partial charge in [-0.25, -0.2) is 0 Å². The number of benzene rings is 1. The maximum atomic E-state index is 9.65. The average molecular weight is 325 g/mol. The van der Waals surface area contributed by atoms with Crippen LogP contribution < -0.4 is 0 Å². The molecular formula is C18H32O3Si. The Morgan fingerprint density at radius 3 is 2.23 bits per heavy atom. The number of rotatable bonds is 8. The zero-order chi connectivity index (χ0) is 16.8. The molecule has 0 amide bonds. The topological polar surface area (TPSA) is 38.7 Å². The number of hydrogen-bond acceptors (Lipinski definition) is 3. The molecule has 0 spiro atoms. The zero-order valence-corrected chi connectivity index (χ0v) is 15.9. The first kappa shape index (κ1) is 19.4. The highest BCUT2D eigenvalue weighted by Crippen LogP contribution is 2.38. The van der Waals surface area contributed by atoms with E-state index in [1.54, 1.807) is 0 Å². The molecule has 0 saturated heterocycles.